The van der Waals surface area contributed by atoms with Crippen molar-refractivity contribution >= 4 is 34.9 Å². The summed E-state index contributed by atoms with van der Waals surface area (Å²) in [6, 6.07) is 24.2. The monoisotopic (exact) mass is 520 g/mol. The maximum atomic E-state index is 15.2. The second kappa shape index (κ2) is 11.9. The van der Waals surface area contributed by atoms with Crippen molar-refractivity contribution in [3.8, 4) is 0 Å². The molecule has 0 spiro atoms. The van der Waals surface area contributed by atoms with Gasteiger partial charge in [0.1, 0.15) is 12.1 Å². The highest BCUT2D eigenvalue weighted by Crippen LogP contribution is 2.44. The van der Waals surface area contributed by atoms with Gasteiger partial charge in [0, 0.05) is 21.5 Å². The molecule has 0 radical (unpaired) electrons. The largest absolute Gasteiger partial charge is 0.468 e. The van der Waals surface area contributed by atoms with Gasteiger partial charge in [-0.1, -0.05) is 98.8 Å². The Bertz CT molecular complexity index is 1210. The highest BCUT2D eigenvalue weighted by atomic mass is 31.2. The van der Waals surface area contributed by atoms with Crippen LogP contribution in [-0.4, -0.2) is 30.6 Å². The third kappa shape index (κ3) is 6.57. The van der Waals surface area contributed by atoms with Crippen molar-refractivity contribution in [2.45, 2.75) is 52.2 Å². The van der Waals surface area contributed by atoms with Gasteiger partial charge in [-0.05, 0) is 32.3 Å². The van der Waals surface area contributed by atoms with Crippen LogP contribution in [0.1, 0.15) is 46.2 Å². The second-order valence-corrected chi connectivity index (χ2v) is 13.2. The van der Waals surface area contributed by atoms with Crippen LogP contribution in [0.4, 0.5) is 0 Å². The summed E-state index contributed by atoms with van der Waals surface area (Å²) in [7, 11) is -2.06. The van der Waals surface area contributed by atoms with Gasteiger partial charge >= 0.3 is 5.97 Å². The molecule has 0 aromatic heterocycles. The molecule has 0 aliphatic carbocycles. The molecular weight excluding hydrogens is 483 g/mol. The van der Waals surface area contributed by atoms with E-state index in [9.17, 15) is 9.59 Å². The number of hydrogen-bond acceptors (Lipinski definition) is 5. The van der Waals surface area contributed by atoms with Gasteiger partial charge in [0.25, 0.3) is 0 Å². The van der Waals surface area contributed by atoms with Crippen LogP contribution >= 0.6 is 7.14 Å². The van der Waals surface area contributed by atoms with Crippen molar-refractivity contribution in [2.75, 3.05) is 7.11 Å². The van der Waals surface area contributed by atoms with Crippen molar-refractivity contribution < 1.29 is 18.9 Å². The SMILES string of the molecule is COC(=O)[C@@H](N[C@H](C(=O)NC(C)(C)C)c1ccccc1P(=O)(c1ccccc1)c1ccccc1)C(C)C. The molecule has 0 heterocycles. The normalized spacial score (nSPS) is 13.6. The number of hydrogen-bond donors (Lipinski definition) is 2. The molecule has 1 amide bonds. The highest BCUT2D eigenvalue weighted by Gasteiger charge is 2.38. The van der Waals surface area contributed by atoms with Gasteiger partial charge in [0.2, 0.25) is 5.91 Å². The summed E-state index contributed by atoms with van der Waals surface area (Å²) >= 11 is 0. The number of ether oxygens (including phenoxy) is 1. The van der Waals surface area contributed by atoms with Crippen molar-refractivity contribution in [3.63, 3.8) is 0 Å². The van der Waals surface area contributed by atoms with Gasteiger partial charge in [0.05, 0.1) is 7.11 Å². The zero-order chi connectivity index (χ0) is 27.2. The van der Waals surface area contributed by atoms with E-state index in [-0.39, 0.29) is 11.8 Å². The molecule has 6 nitrogen and oxygen atoms in total. The number of methoxy groups -OCH3 is 1. The van der Waals surface area contributed by atoms with Gasteiger partial charge < -0.3 is 14.6 Å². The first-order valence-corrected chi connectivity index (χ1v) is 14.2. The highest BCUT2D eigenvalue weighted by molar-refractivity contribution is 7.85. The molecule has 0 saturated heterocycles. The molecule has 7 heteroatoms. The minimum Gasteiger partial charge on any atom is -0.468 e. The standard InChI is InChI=1S/C30H37N2O4P/c1-21(2)26(29(34)36-6)31-27(28(33)32-30(3,4)5)24-19-13-14-20-25(24)37(35,22-15-9-7-10-16-22)23-17-11-8-12-18-23/h7-21,26-27,31H,1-6H3,(H,32,33)/t26-,27-/m0/s1. The molecule has 0 saturated carbocycles. The number of esters is 1. The van der Waals surface area contributed by atoms with Gasteiger partial charge in [-0.25, -0.2) is 0 Å². The lowest BCUT2D eigenvalue weighted by atomic mass is 9.98. The quantitative estimate of drug-likeness (QED) is 0.328. The number of carbonyl (C=O) groups excluding carboxylic acids is 2. The average Bonchev–Trinajstić information content (AvgIpc) is 2.88. The van der Waals surface area contributed by atoms with Crippen LogP contribution in [0.15, 0.2) is 84.9 Å². The Labute approximate surface area is 220 Å². The van der Waals surface area contributed by atoms with Gasteiger partial charge in [-0.15, -0.1) is 0 Å². The molecule has 37 heavy (non-hydrogen) atoms. The number of carbonyl (C=O) groups is 2. The summed E-state index contributed by atoms with van der Waals surface area (Å²) in [6.07, 6.45) is 0. The topological polar surface area (TPSA) is 84.5 Å². The predicted molar refractivity (Wildman–Crippen MR) is 150 cm³/mol. The summed E-state index contributed by atoms with van der Waals surface area (Å²) in [5.74, 6) is -0.933. The molecule has 0 aliphatic heterocycles. The number of amides is 1. The van der Waals surface area contributed by atoms with Crippen molar-refractivity contribution in [2.24, 2.45) is 5.92 Å². The Morgan fingerprint density at radius 1 is 0.811 bits per heavy atom. The van der Waals surface area contributed by atoms with E-state index in [1.54, 1.807) is 0 Å². The maximum absolute atomic E-state index is 15.2. The lowest BCUT2D eigenvalue weighted by molar-refractivity contribution is -0.144. The Kier molecular flexibility index (Phi) is 9.12. The molecule has 0 unspecified atom stereocenters. The van der Waals surface area contributed by atoms with Crippen molar-refractivity contribution in [3.05, 3.63) is 90.5 Å². The molecule has 3 aromatic carbocycles. The number of benzene rings is 3. The van der Waals surface area contributed by atoms with Crippen LogP contribution in [0.3, 0.4) is 0 Å². The second-order valence-electron chi connectivity index (χ2n) is 10.4. The first-order valence-electron chi connectivity index (χ1n) is 12.5. The summed E-state index contributed by atoms with van der Waals surface area (Å²) in [4.78, 5) is 26.4. The number of nitrogens with one attached hydrogen (secondary N) is 2. The lowest BCUT2D eigenvalue weighted by Gasteiger charge is -2.32. The molecule has 0 aliphatic rings. The molecule has 0 fully saturated rings. The zero-order valence-electron chi connectivity index (χ0n) is 22.4. The van der Waals surface area contributed by atoms with E-state index in [0.717, 1.165) is 0 Å². The van der Waals surface area contributed by atoms with E-state index >= 15 is 4.57 Å². The Morgan fingerprint density at radius 2 is 1.30 bits per heavy atom. The first-order chi connectivity index (χ1) is 17.5. The van der Waals surface area contributed by atoms with Crippen molar-refractivity contribution in [1.82, 2.24) is 10.6 Å². The van der Waals surface area contributed by atoms with Crippen LogP contribution in [-0.2, 0) is 18.9 Å². The van der Waals surface area contributed by atoms with E-state index in [1.807, 2.05) is 120 Å². The average molecular weight is 521 g/mol. The van der Waals surface area contributed by atoms with E-state index in [1.165, 1.54) is 7.11 Å². The van der Waals surface area contributed by atoms with E-state index in [0.29, 0.717) is 21.5 Å². The van der Waals surface area contributed by atoms with Crippen LogP contribution in [0.2, 0.25) is 0 Å². The van der Waals surface area contributed by atoms with E-state index in [4.69, 9.17) is 4.74 Å². The Hall–Kier alpha value is -3.21. The Morgan fingerprint density at radius 3 is 1.76 bits per heavy atom. The van der Waals surface area contributed by atoms with Crippen LogP contribution in [0, 0.1) is 5.92 Å². The third-order valence-corrected chi connectivity index (χ3v) is 9.19. The fourth-order valence-electron chi connectivity index (χ4n) is 4.31. The van der Waals surface area contributed by atoms with Crippen molar-refractivity contribution in [1.29, 1.82) is 0 Å². The molecule has 3 rings (SSSR count). The molecule has 3 aromatic rings. The smallest absolute Gasteiger partial charge is 0.323 e. The fraction of sp³-hybridized carbons (Fsp3) is 0.333. The molecule has 2 N–H and O–H groups in total. The summed E-state index contributed by atoms with van der Waals surface area (Å²) in [5.41, 5.74) is 0.0301. The summed E-state index contributed by atoms with van der Waals surface area (Å²) in [5, 5.41) is 8.16. The minimum atomic E-state index is -3.39. The van der Waals surface area contributed by atoms with Crippen LogP contribution in [0.25, 0.3) is 0 Å². The minimum absolute atomic E-state index is 0.153. The molecule has 2 atom stereocenters. The van der Waals surface area contributed by atoms with Gasteiger partial charge in [0.15, 0.2) is 7.14 Å². The third-order valence-electron chi connectivity index (χ3n) is 6.06. The first kappa shape index (κ1) is 28.4. The van der Waals surface area contributed by atoms with Gasteiger partial charge in [-0.2, -0.15) is 0 Å². The summed E-state index contributed by atoms with van der Waals surface area (Å²) < 4.78 is 20.2. The molecular formula is C30H37N2O4P. The van der Waals surface area contributed by atoms with E-state index in [2.05, 4.69) is 10.6 Å². The van der Waals surface area contributed by atoms with E-state index < -0.39 is 30.7 Å². The van der Waals surface area contributed by atoms with Crippen LogP contribution < -0.4 is 26.5 Å². The summed E-state index contributed by atoms with van der Waals surface area (Å²) in [6.45, 7) is 9.46. The maximum Gasteiger partial charge on any atom is 0.323 e. The fourth-order valence-corrected chi connectivity index (χ4v) is 7.21. The molecule has 0 bridgehead atoms. The zero-order valence-corrected chi connectivity index (χ0v) is 23.3. The van der Waals surface area contributed by atoms with Crippen LogP contribution in [0.5, 0.6) is 0 Å². The van der Waals surface area contributed by atoms with Gasteiger partial charge in [-0.3, -0.25) is 14.9 Å². The number of rotatable bonds is 9. The Balaban J connectivity index is 2.28. The predicted octanol–water partition coefficient (Wildman–Crippen LogP) is 4.07. The lowest BCUT2D eigenvalue weighted by Crippen LogP contribution is -2.52. The molecule has 196 valence electrons.